The van der Waals surface area contributed by atoms with Crippen molar-refractivity contribution in [3.63, 3.8) is 0 Å². The first-order valence-corrected chi connectivity index (χ1v) is 11.1. The maximum absolute atomic E-state index is 13.4. The lowest BCUT2D eigenvalue weighted by Gasteiger charge is -2.27. The van der Waals surface area contributed by atoms with Crippen molar-refractivity contribution >= 4 is 17.8 Å². The van der Waals surface area contributed by atoms with Crippen LogP contribution < -0.4 is 5.32 Å². The second-order valence-corrected chi connectivity index (χ2v) is 8.17. The largest absolute Gasteiger partial charge is 0.332 e. The Hall–Kier alpha value is -3.93. The molecule has 0 aliphatic carbocycles. The van der Waals surface area contributed by atoms with E-state index < -0.39 is 17.5 Å². The van der Waals surface area contributed by atoms with Crippen molar-refractivity contribution < 1.29 is 14.4 Å². The summed E-state index contributed by atoms with van der Waals surface area (Å²) in [6.07, 6.45) is 0.393. The van der Waals surface area contributed by atoms with Gasteiger partial charge in [0.05, 0.1) is 0 Å². The predicted molar refractivity (Wildman–Crippen MR) is 126 cm³/mol. The summed E-state index contributed by atoms with van der Waals surface area (Å²) in [5, 5.41) is 2.84. The lowest BCUT2D eigenvalue weighted by atomic mass is 9.87. The molecule has 1 aliphatic rings. The normalized spacial score (nSPS) is 17.7. The van der Waals surface area contributed by atoms with Crippen molar-refractivity contribution in [3.05, 3.63) is 108 Å². The van der Waals surface area contributed by atoms with E-state index in [1.165, 1.54) is 0 Å². The Balaban J connectivity index is 1.56. The van der Waals surface area contributed by atoms with E-state index in [9.17, 15) is 14.4 Å². The van der Waals surface area contributed by atoms with Gasteiger partial charge in [-0.05, 0) is 23.1 Å². The van der Waals surface area contributed by atoms with Crippen LogP contribution >= 0.6 is 0 Å². The van der Waals surface area contributed by atoms with Crippen molar-refractivity contribution in [1.82, 2.24) is 15.1 Å². The molecule has 168 valence electrons. The summed E-state index contributed by atoms with van der Waals surface area (Å²) in [7, 11) is 0. The van der Waals surface area contributed by atoms with Gasteiger partial charge >= 0.3 is 6.03 Å². The van der Waals surface area contributed by atoms with Crippen LogP contribution in [0.2, 0.25) is 0 Å². The molecule has 0 unspecified atom stereocenters. The van der Waals surface area contributed by atoms with Crippen LogP contribution in [0.1, 0.15) is 30.0 Å². The van der Waals surface area contributed by atoms with E-state index in [1.807, 2.05) is 97.9 Å². The van der Waals surface area contributed by atoms with Gasteiger partial charge < -0.3 is 10.2 Å². The van der Waals surface area contributed by atoms with E-state index in [0.29, 0.717) is 25.1 Å². The van der Waals surface area contributed by atoms with E-state index >= 15 is 0 Å². The summed E-state index contributed by atoms with van der Waals surface area (Å²) in [4.78, 5) is 42.4. The van der Waals surface area contributed by atoms with E-state index in [-0.39, 0.29) is 12.5 Å². The Bertz CT molecular complexity index is 1080. The summed E-state index contributed by atoms with van der Waals surface area (Å²) in [6, 6.07) is 28.0. The third kappa shape index (κ3) is 4.65. The maximum atomic E-state index is 13.4. The molecule has 4 amide bonds. The van der Waals surface area contributed by atoms with Crippen molar-refractivity contribution in [2.75, 3.05) is 6.54 Å². The SMILES string of the molecule is CC[C@@]1(c2ccccc2)NC(=O)N(CC(=O)N(Cc2ccccc2)Cc2ccccc2)C1=O. The summed E-state index contributed by atoms with van der Waals surface area (Å²) >= 11 is 0. The number of nitrogens with one attached hydrogen (secondary N) is 1. The zero-order valence-electron chi connectivity index (χ0n) is 18.6. The van der Waals surface area contributed by atoms with Gasteiger partial charge in [-0.2, -0.15) is 0 Å². The molecule has 4 rings (SSSR count). The molecule has 0 aromatic heterocycles. The minimum Gasteiger partial charge on any atom is -0.332 e. The van der Waals surface area contributed by atoms with Gasteiger partial charge in [-0.3, -0.25) is 14.5 Å². The van der Waals surface area contributed by atoms with Gasteiger partial charge in [0.2, 0.25) is 5.91 Å². The van der Waals surface area contributed by atoms with Crippen LogP contribution in [0.3, 0.4) is 0 Å². The molecule has 0 bridgehead atoms. The van der Waals surface area contributed by atoms with Gasteiger partial charge in [-0.15, -0.1) is 0 Å². The second kappa shape index (κ2) is 9.69. The Kier molecular flexibility index (Phi) is 6.54. The molecule has 1 saturated heterocycles. The molecule has 1 fully saturated rings. The van der Waals surface area contributed by atoms with Crippen LogP contribution in [0, 0.1) is 0 Å². The zero-order chi connectivity index (χ0) is 23.3. The maximum Gasteiger partial charge on any atom is 0.325 e. The third-order valence-corrected chi connectivity index (χ3v) is 6.05. The lowest BCUT2D eigenvalue weighted by Crippen LogP contribution is -2.45. The van der Waals surface area contributed by atoms with E-state index in [4.69, 9.17) is 0 Å². The summed E-state index contributed by atoms with van der Waals surface area (Å²) in [5.74, 6) is -0.680. The zero-order valence-corrected chi connectivity index (χ0v) is 18.6. The number of carbonyl (C=O) groups is 3. The average molecular weight is 442 g/mol. The second-order valence-electron chi connectivity index (χ2n) is 8.17. The molecule has 3 aromatic carbocycles. The first-order chi connectivity index (χ1) is 16.0. The van der Waals surface area contributed by atoms with Gasteiger partial charge in [0, 0.05) is 13.1 Å². The number of nitrogens with zero attached hydrogens (tertiary/aromatic N) is 2. The van der Waals surface area contributed by atoms with Crippen LogP contribution in [0.15, 0.2) is 91.0 Å². The van der Waals surface area contributed by atoms with Gasteiger partial charge in [0.15, 0.2) is 0 Å². The number of urea groups is 1. The number of hydrogen-bond donors (Lipinski definition) is 1. The molecule has 6 nitrogen and oxygen atoms in total. The number of hydrogen-bond acceptors (Lipinski definition) is 3. The number of imide groups is 1. The van der Waals surface area contributed by atoms with Gasteiger partial charge in [0.25, 0.3) is 5.91 Å². The Morgan fingerprint density at radius 1 is 0.818 bits per heavy atom. The fourth-order valence-corrected chi connectivity index (χ4v) is 4.21. The minimum atomic E-state index is -1.15. The van der Waals surface area contributed by atoms with Crippen LogP contribution in [-0.2, 0) is 28.2 Å². The molecule has 1 atom stereocenters. The predicted octanol–water partition coefficient (Wildman–Crippen LogP) is 4.07. The molecule has 6 heteroatoms. The molecular weight excluding hydrogens is 414 g/mol. The Labute approximate surface area is 193 Å². The minimum absolute atomic E-state index is 0.286. The van der Waals surface area contributed by atoms with Crippen molar-refractivity contribution in [2.24, 2.45) is 0 Å². The van der Waals surface area contributed by atoms with E-state index in [0.717, 1.165) is 16.0 Å². The van der Waals surface area contributed by atoms with E-state index in [2.05, 4.69) is 5.32 Å². The summed E-state index contributed by atoms with van der Waals surface area (Å²) in [6.45, 7) is 2.32. The van der Waals surface area contributed by atoms with Crippen molar-refractivity contribution in [3.8, 4) is 0 Å². The van der Waals surface area contributed by atoms with Crippen molar-refractivity contribution in [2.45, 2.75) is 32.0 Å². The van der Waals surface area contributed by atoms with Gasteiger partial charge in [0.1, 0.15) is 12.1 Å². The molecule has 1 aliphatic heterocycles. The number of carbonyl (C=O) groups excluding carboxylic acids is 3. The smallest absolute Gasteiger partial charge is 0.325 e. The first-order valence-electron chi connectivity index (χ1n) is 11.1. The molecule has 0 saturated carbocycles. The molecule has 0 spiro atoms. The molecular formula is C27H27N3O3. The average Bonchev–Trinajstić information content (AvgIpc) is 3.10. The Morgan fingerprint density at radius 3 is 1.79 bits per heavy atom. The fourth-order valence-electron chi connectivity index (χ4n) is 4.21. The molecule has 33 heavy (non-hydrogen) atoms. The summed E-state index contributed by atoms with van der Waals surface area (Å²) in [5.41, 5.74) is 1.52. The molecule has 1 N–H and O–H groups in total. The highest BCUT2D eigenvalue weighted by Gasteiger charge is 2.51. The van der Waals surface area contributed by atoms with Gasteiger partial charge in [-0.1, -0.05) is 97.9 Å². The number of rotatable bonds is 8. The highest BCUT2D eigenvalue weighted by Crippen LogP contribution is 2.32. The topological polar surface area (TPSA) is 69.7 Å². The van der Waals surface area contributed by atoms with Crippen molar-refractivity contribution in [1.29, 1.82) is 0 Å². The van der Waals surface area contributed by atoms with Crippen LogP contribution in [-0.4, -0.2) is 34.2 Å². The number of benzene rings is 3. The molecule has 3 aromatic rings. The quantitative estimate of drug-likeness (QED) is 0.536. The standard InChI is InChI=1S/C27H27N3O3/c1-2-27(23-16-10-5-11-17-23)25(32)30(26(33)28-27)20-24(31)29(18-21-12-6-3-7-13-21)19-22-14-8-4-9-15-22/h3-17H,2,18-20H2,1H3,(H,28,33)/t27-/m0/s1. The third-order valence-electron chi connectivity index (χ3n) is 6.05. The number of amides is 4. The lowest BCUT2D eigenvalue weighted by molar-refractivity contribution is -0.140. The highest BCUT2D eigenvalue weighted by atomic mass is 16.2. The molecule has 0 radical (unpaired) electrons. The van der Waals surface area contributed by atoms with Crippen LogP contribution in [0.5, 0.6) is 0 Å². The monoisotopic (exact) mass is 441 g/mol. The first kappa shape index (κ1) is 22.3. The molecule has 1 heterocycles. The van der Waals surface area contributed by atoms with Gasteiger partial charge in [-0.25, -0.2) is 4.79 Å². The fraction of sp³-hybridized carbons (Fsp3) is 0.222. The van der Waals surface area contributed by atoms with Crippen LogP contribution in [0.4, 0.5) is 4.79 Å². The summed E-state index contributed by atoms with van der Waals surface area (Å²) < 4.78 is 0. The Morgan fingerprint density at radius 2 is 1.30 bits per heavy atom. The van der Waals surface area contributed by atoms with Crippen LogP contribution in [0.25, 0.3) is 0 Å². The van der Waals surface area contributed by atoms with E-state index in [1.54, 1.807) is 4.90 Å². The highest BCUT2D eigenvalue weighted by molar-refractivity contribution is 6.09.